The zero-order valence-electron chi connectivity index (χ0n) is 12.1. The van der Waals surface area contributed by atoms with E-state index in [2.05, 4.69) is 62.3 Å². The highest BCUT2D eigenvalue weighted by atomic mass is 15.2. The Bertz CT molecular complexity index is 367. The summed E-state index contributed by atoms with van der Waals surface area (Å²) >= 11 is 0. The van der Waals surface area contributed by atoms with Crippen LogP contribution in [0, 0.1) is 6.92 Å². The fraction of sp³-hybridized carbons (Fsp3) is 0.625. The monoisotopic (exact) mass is 246 g/mol. The van der Waals surface area contributed by atoms with E-state index in [0.29, 0.717) is 12.1 Å². The van der Waals surface area contributed by atoms with Crippen LogP contribution in [-0.4, -0.2) is 30.6 Å². The molecule has 1 fully saturated rings. The minimum absolute atomic E-state index is 0.432. The topological polar surface area (TPSA) is 15.3 Å². The van der Waals surface area contributed by atoms with Crippen molar-refractivity contribution in [2.45, 2.75) is 51.7 Å². The van der Waals surface area contributed by atoms with Crippen molar-refractivity contribution in [3.63, 3.8) is 0 Å². The highest BCUT2D eigenvalue weighted by Gasteiger charge is 2.32. The number of aryl methyl sites for hydroxylation is 1. The summed E-state index contributed by atoms with van der Waals surface area (Å²) in [5.74, 6) is 0. The summed E-state index contributed by atoms with van der Waals surface area (Å²) < 4.78 is 0. The maximum absolute atomic E-state index is 3.64. The van der Waals surface area contributed by atoms with Gasteiger partial charge in [-0.3, -0.25) is 4.90 Å². The average molecular weight is 246 g/mol. The Morgan fingerprint density at radius 1 is 1.28 bits per heavy atom. The Morgan fingerprint density at radius 3 is 2.39 bits per heavy atom. The van der Waals surface area contributed by atoms with Crippen LogP contribution < -0.4 is 5.32 Å². The first-order valence-corrected chi connectivity index (χ1v) is 7.15. The van der Waals surface area contributed by atoms with E-state index in [1.165, 1.54) is 24.0 Å². The Hall–Kier alpha value is -0.860. The van der Waals surface area contributed by atoms with Gasteiger partial charge in [0, 0.05) is 18.1 Å². The van der Waals surface area contributed by atoms with E-state index in [1.54, 1.807) is 0 Å². The molecule has 2 rings (SSSR count). The highest BCUT2D eigenvalue weighted by molar-refractivity contribution is 5.25. The molecule has 0 bridgehead atoms. The number of nitrogens with zero attached hydrogens (tertiary/aromatic N) is 1. The second-order valence-electron chi connectivity index (χ2n) is 5.58. The summed E-state index contributed by atoms with van der Waals surface area (Å²) in [6, 6.07) is 10.7. The summed E-state index contributed by atoms with van der Waals surface area (Å²) in [7, 11) is 2.26. The largest absolute Gasteiger partial charge is 0.309 e. The fourth-order valence-electron chi connectivity index (χ4n) is 2.61. The van der Waals surface area contributed by atoms with Gasteiger partial charge in [0.1, 0.15) is 0 Å². The molecule has 2 nitrogen and oxygen atoms in total. The lowest BCUT2D eigenvalue weighted by Crippen LogP contribution is -2.42. The van der Waals surface area contributed by atoms with E-state index in [9.17, 15) is 0 Å². The number of benzene rings is 1. The van der Waals surface area contributed by atoms with Gasteiger partial charge >= 0.3 is 0 Å². The molecule has 2 unspecified atom stereocenters. The highest BCUT2D eigenvalue weighted by Crippen LogP contribution is 2.31. The zero-order chi connectivity index (χ0) is 13.1. The zero-order valence-corrected chi connectivity index (χ0v) is 12.1. The number of likely N-dealkylation sites (N-methyl/N-ethyl adjacent to an activating group) is 2. The van der Waals surface area contributed by atoms with Crippen molar-refractivity contribution in [2.75, 3.05) is 13.6 Å². The Labute approximate surface area is 111 Å². The molecule has 1 aliphatic carbocycles. The first-order valence-electron chi connectivity index (χ1n) is 7.15. The van der Waals surface area contributed by atoms with Crippen molar-refractivity contribution in [3.05, 3.63) is 35.4 Å². The Kier molecular flexibility index (Phi) is 4.41. The molecule has 0 aliphatic heterocycles. The van der Waals surface area contributed by atoms with Gasteiger partial charge in [0.25, 0.3) is 0 Å². The minimum Gasteiger partial charge on any atom is -0.309 e. The molecular weight excluding hydrogens is 220 g/mol. The van der Waals surface area contributed by atoms with E-state index in [1.807, 2.05) is 0 Å². The van der Waals surface area contributed by atoms with Gasteiger partial charge in [0.05, 0.1) is 0 Å². The van der Waals surface area contributed by atoms with Crippen LogP contribution in [0.2, 0.25) is 0 Å². The Morgan fingerprint density at radius 2 is 1.89 bits per heavy atom. The van der Waals surface area contributed by atoms with Crippen LogP contribution in [0.15, 0.2) is 24.3 Å². The number of hydrogen-bond donors (Lipinski definition) is 1. The van der Waals surface area contributed by atoms with Gasteiger partial charge in [-0.1, -0.05) is 36.8 Å². The van der Waals surface area contributed by atoms with Crippen LogP contribution in [0.4, 0.5) is 0 Å². The van der Waals surface area contributed by atoms with E-state index >= 15 is 0 Å². The predicted octanol–water partition coefficient (Wildman–Crippen LogP) is 3.13. The SMILES string of the molecule is CCNC(c1ccc(C)cc1)C(C)N(C)C1CC1. The molecule has 2 heteroatoms. The molecule has 2 atom stereocenters. The summed E-state index contributed by atoms with van der Waals surface area (Å²) in [6.45, 7) is 7.68. The van der Waals surface area contributed by atoms with Gasteiger partial charge in [0.15, 0.2) is 0 Å². The first-order chi connectivity index (χ1) is 8.63. The van der Waals surface area contributed by atoms with Crippen LogP contribution in [0.25, 0.3) is 0 Å². The molecule has 1 N–H and O–H groups in total. The molecule has 100 valence electrons. The van der Waals surface area contributed by atoms with Gasteiger partial charge in [-0.25, -0.2) is 0 Å². The van der Waals surface area contributed by atoms with E-state index in [4.69, 9.17) is 0 Å². The van der Waals surface area contributed by atoms with Gasteiger partial charge in [-0.2, -0.15) is 0 Å². The molecule has 0 spiro atoms. The second-order valence-corrected chi connectivity index (χ2v) is 5.58. The van der Waals surface area contributed by atoms with Crippen molar-refractivity contribution in [1.82, 2.24) is 10.2 Å². The maximum Gasteiger partial charge on any atom is 0.0475 e. The van der Waals surface area contributed by atoms with Crippen LogP contribution >= 0.6 is 0 Å². The third-order valence-electron chi connectivity index (χ3n) is 4.11. The van der Waals surface area contributed by atoms with Crippen molar-refractivity contribution < 1.29 is 0 Å². The third kappa shape index (κ3) is 3.12. The van der Waals surface area contributed by atoms with Crippen molar-refractivity contribution in [3.8, 4) is 0 Å². The lowest BCUT2D eigenvalue weighted by Gasteiger charge is -2.33. The van der Waals surface area contributed by atoms with Crippen molar-refractivity contribution in [1.29, 1.82) is 0 Å². The lowest BCUT2D eigenvalue weighted by atomic mass is 9.98. The number of rotatable bonds is 6. The van der Waals surface area contributed by atoms with Gasteiger partial charge < -0.3 is 5.32 Å². The van der Waals surface area contributed by atoms with E-state index in [0.717, 1.165) is 12.6 Å². The van der Waals surface area contributed by atoms with Crippen molar-refractivity contribution >= 4 is 0 Å². The summed E-state index contributed by atoms with van der Waals surface area (Å²) in [5, 5.41) is 3.64. The Balaban J connectivity index is 2.13. The molecule has 0 saturated heterocycles. The molecular formula is C16H26N2. The average Bonchev–Trinajstić information content (AvgIpc) is 3.20. The molecule has 0 heterocycles. The quantitative estimate of drug-likeness (QED) is 0.829. The minimum atomic E-state index is 0.432. The second kappa shape index (κ2) is 5.85. The van der Waals surface area contributed by atoms with Crippen LogP contribution in [0.1, 0.15) is 43.9 Å². The molecule has 0 radical (unpaired) electrons. The molecule has 1 saturated carbocycles. The van der Waals surface area contributed by atoms with Gasteiger partial charge in [-0.15, -0.1) is 0 Å². The van der Waals surface area contributed by atoms with Crippen LogP contribution in [0.3, 0.4) is 0 Å². The molecule has 1 aromatic rings. The molecule has 1 aromatic carbocycles. The van der Waals surface area contributed by atoms with Crippen molar-refractivity contribution in [2.24, 2.45) is 0 Å². The molecule has 1 aliphatic rings. The fourth-order valence-corrected chi connectivity index (χ4v) is 2.61. The van der Waals surface area contributed by atoms with Gasteiger partial charge in [-0.05, 0) is 45.8 Å². The standard InChI is InChI=1S/C16H26N2/c1-5-17-16(13(3)18(4)15-10-11-15)14-8-6-12(2)7-9-14/h6-9,13,15-17H,5,10-11H2,1-4H3. The number of hydrogen-bond acceptors (Lipinski definition) is 2. The molecule has 18 heavy (non-hydrogen) atoms. The first kappa shape index (κ1) is 13.6. The maximum atomic E-state index is 3.64. The summed E-state index contributed by atoms with van der Waals surface area (Å²) in [4.78, 5) is 2.53. The molecule has 0 amide bonds. The normalized spacial score (nSPS) is 18.9. The number of nitrogens with one attached hydrogen (secondary N) is 1. The van der Waals surface area contributed by atoms with E-state index in [-0.39, 0.29) is 0 Å². The smallest absolute Gasteiger partial charge is 0.0475 e. The van der Waals surface area contributed by atoms with Crippen LogP contribution in [-0.2, 0) is 0 Å². The van der Waals surface area contributed by atoms with E-state index < -0.39 is 0 Å². The summed E-state index contributed by atoms with van der Waals surface area (Å²) in [5.41, 5.74) is 2.74. The summed E-state index contributed by atoms with van der Waals surface area (Å²) in [6.07, 6.45) is 2.74. The van der Waals surface area contributed by atoms with Gasteiger partial charge in [0.2, 0.25) is 0 Å². The van der Waals surface area contributed by atoms with Crippen LogP contribution in [0.5, 0.6) is 0 Å². The lowest BCUT2D eigenvalue weighted by molar-refractivity contribution is 0.199. The third-order valence-corrected chi connectivity index (χ3v) is 4.11. The molecule has 0 aromatic heterocycles. The predicted molar refractivity (Wildman–Crippen MR) is 77.8 cm³/mol.